The van der Waals surface area contributed by atoms with Gasteiger partial charge < -0.3 is 15.6 Å². The van der Waals surface area contributed by atoms with E-state index in [0.29, 0.717) is 11.1 Å². The average molecular weight is 317 g/mol. The summed E-state index contributed by atoms with van der Waals surface area (Å²) in [6, 6.07) is 8.81. The van der Waals surface area contributed by atoms with E-state index in [1.54, 1.807) is 31.2 Å². The Morgan fingerprint density at radius 1 is 1.35 bits per heavy atom. The van der Waals surface area contributed by atoms with Crippen LogP contribution in [0.4, 0.5) is 4.39 Å². The molecule has 0 saturated heterocycles. The van der Waals surface area contributed by atoms with Crippen molar-refractivity contribution in [2.24, 2.45) is 5.73 Å². The topological polar surface area (TPSA) is 72.5 Å². The average Bonchev–Trinajstić information content (AvgIpc) is 2.48. The second-order valence-corrected chi connectivity index (χ2v) is 5.32. The van der Waals surface area contributed by atoms with Gasteiger partial charge in [0.15, 0.2) is 0 Å². The first-order valence-corrected chi connectivity index (χ1v) is 7.43. The molecule has 0 heterocycles. The first kappa shape index (κ1) is 17.0. The fourth-order valence-electron chi connectivity index (χ4n) is 2.52. The van der Waals surface area contributed by atoms with E-state index in [0.717, 1.165) is 5.56 Å². The Bertz CT molecular complexity index is 695. The Labute approximate surface area is 134 Å². The number of ether oxygens (including phenoxy) is 1. The number of hydrogen-bond donors (Lipinski definition) is 2. The lowest BCUT2D eigenvalue weighted by molar-refractivity contribution is -0.143. The SMILES string of the molecule is CCOC(=O)C[C@H](N)c1cc(-c2c(C)cccc2O)ccc1F. The Kier molecular flexibility index (Phi) is 5.34. The number of phenolic OH excluding ortho intramolecular Hbond substituents is 1. The van der Waals surface area contributed by atoms with Gasteiger partial charge in [0.2, 0.25) is 0 Å². The molecule has 2 aromatic rings. The van der Waals surface area contributed by atoms with E-state index < -0.39 is 17.8 Å². The van der Waals surface area contributed by atoms with Crippen LogP contribution in [0.2, 0.25) is 0 Å². The predicted molar refractivity (Wildman–Crippen MR) is 86.4 cm³/mol. The summed E-state index contributed by atoms with van der Waals surface area (Å²) < 4.78 is 18.9. The maximum Gasteiger partial charge on any atom is 0.307 e. The summed E-state index contributed by atoms with van der Waals surface area (Å²) in [4.78, 5) is 11.5. The monoisotopic (exact) mass is 317 g/mol. The highest BCUT2D eigenvalue weighted by atomic mass is 19.1. The van der Waals surface area contributed by atoms with Crippen molar-refractivity contribution in [2.45, 2.75) is 26.3 Å². The Morgan fingerprint density at radius 2 is 2.09 bits per heavy atom. The van der Waals surface area contributed by atoms with Crippen molar-refractivity contribution >= 4 is 5.97 Å². The lowest BCUT2D eigenvalue weighted by Crippen LogP contribution is -2.18. The molecule has 0 amide bonds. The van der Waals surface area contributed by atoms with Crippen LogP contribution in [0.5, 0.6) is 5.75 Å². The van der Waals surface area contributed by atoms with Crippen molar-refractivity contribution in [3.8, 4) is 16.9 Å². The number of halogens is 1. The number of rotatable bonds is 5. The Balaban J connectivity index is 2.38. The molecule has 0 fully saturated rings. The molecule has 0 aliphatic carbocycles. The van der Waals surface area contributed by atoms with Gasteiger partial charge in [-0.15, -0.1) is 0 Å². The van der Waals surface area contributed by atoms with Gasteiger partial charge in [-0.1, -0.05) is 18.2 Å². The number of esters is 1. The number of aromatic hydroxyl groups is 1. The number of carbonyl (C=O) groups excluding carboxylic acids is 1. The van der Waals surface area contributed by atoms with Crippen molar-refractivity contribution in [2.75, 3.05) is 6.61 Å². The van der Waals surface area contributed by atoms with E-state index >= 15 is 0 Å². The van der Waals surface area contributed by atoms with Gasteiger partial charge in [0.25, 0.3) is 0 Å². The predicted octanol–water partition coefficient (Wildman–Crippen LogP) is 3.46. The van der Waals surface area contributed by atoms with Gasteiger partial charge in [0, 0.05) is 17.2 Å². The highest BCUT2D eigenvalue weighted by molar-refractivity contribution is 5.74. The number of hydrogen-bond acceptors (Lipinski definition) is 4. The van der Waals surface area contributed by atoms with E-state index in [9.17, 15) is 14.3 Å². The van der Waals surface area contributed by atoms with Crippen LogP contribution in [-0.2, 0) is 9.53 Å². The molecule has 0 aliphatic heterocycles. The van der Waals surface area contributed by atoms with Gasteiger partial charge in [-0.3, -0.25) is 4.79 Å². The molecule has 23 heavy (non-hydrogen) atoms. The fraction of sp³-hybridized carbons (Fsp3) is 0.278. The van der Waals surface area contributed by atoms with Gasteiger partial charge in [0.1, 0.15) is 11.6 Å². The van der Waals surface area contributed by atoms with Crippen LogP contribution in [0.1, 0.15) is 30.5 Å². The first-order chi connectivity index (χ1) is 10.9. The van der Waals surface area contributed by atoms with Crippen LogP contribution in [-0.4, -0.2) is 17.7 Å². The van der Waals surface area contributed by atoms with Gasteiger partial charge in [0.05, 0.1) is 13.0 Å². The fourth-order valence-corrected chi connectivity index (χ4v) is 2.52. The number of phenols is 1. The molecule has 2 aromatic carbocycles. The highest BCUT2D eigenvalue weighted by Crippen LogP contribution is 2.34. The second kappa shape index (κ2) is 7.24. The quantitative estimate of drug-likeness (QED) is 0.828. The second-order valence-electron chi connectivity index (χ2n) is 5.32. The molecule has 4 nitrogen and oxygen atoms in total. The third-order valence-electron chi connectivity index (χ3n) is 3.63. The summed E-state index contributed by atoms with van der Waals surface area (Å²) in [5.74, 6) is -0.844. The molecule has 0 aromatic heterocycles. The van der Waals surface area contributed by atoms with Crippen molar-refractivity contribution in [3.05, 3.63) is 53.3 Å². The van der Waals surface area contributed by atoms with Gasteiger partial charge in [-0.25, -0.2) is 4.39 Å². The molecule has 2 rings (SSSR count). The lowest BCUT2D eigenvalue weighted by Gasteiger charge is -2.15. The van der Waals surface area contributed by atoms with Gasteiger partial charge >= 0.3 is 5.97 Å². The molecule has 122 valence electrons. The van der Waals surface area contributed by atoms with Crippen LogP contribution < -0.4 is 5.73 Å². The number of benzene rings is 2. The Morgan fingerprint density at radius 3 is 2.74 bits per heavy atom. The minimum atomic E-state index is -0.805. The summed E-state index contributed by atoms with van der Waals surface area (Å²) in [6.07, 6.45) is -0.103. The van der Waals surface area contributed by atoms with E-state index in [1.165, 1.54) is 6.07 Å². The largest absolute Gasteiger partial charge is 0.507 e. The molecule has 0 saturated carbocycles. The van der Waals surface area contributed by atoms with Crippen LogP contribution >= 0.6 is 0 Å². The third-order valence-corrected chi connectivity index (χ3v) is 3.63. The van der Waals surface area contributed by atoms with E-state index in [-0.39, 0.29) is 24.3 Å². The zero-order valence-electron chi connectivity index (χ0n) is 13.2. The first-order valence-electron chi connectivity index (χ1n) is 7.43. The summed E-state index contributed by atoms with van der Waals surface area (Å²) in [5, 5.41) is 10.1. The van der Waals surface area contributed by atoms with Crippen LogP contribution in [0.15, 0.2) is 36.4 Å². The molecule has 5 heteroatoms. The van der Waals surface area contributed by atoms with Crippen molar-refractivity contribution in [1.29, 1.82) is 0 Å². The van der Waals surface area contributed by atoms with Crippen LogP contribution in [0, 0.1) is 12.7 Å². The van der Waals surface area contributed by atoms with E-state index in [2.05, 4.69) is 0 Å². The minimum absolute atomic E-state index is 0.103. The van der Waals surface area contributed by atoms with Crippen molar-refractivity contribution < 1.29 is 19.0 Å². The summed E-state index contributed by atoms with van der Waals surface area (Å²) >= 11 is 0. The molecule has 0 spiro atoms. The molecular formula is C18H20FNO3. The van der Waals surface area contributed by atoms with E-state index in [1.807, 2.05) is 13.0 Å². The minimum Gasteiger partial charge on any atom is -0.507 e. The molecule has 0 unspecified atom stereocenters. The standard InChI is InChI=1S/C18H20FNO3/c1-3-23-17(22)10-15(20)13-9-12(7-8-14(13)19)18-11(2)5-4-6-16(18)21/h4-9,15,21H,3,10,20H2,1-2H3/t15-/m0/s1. The number of nitrogens with two attached hydrogens (primary N) is 1. The van der Waals surface area contributed by atoms with Crippen LogP contribution in [0.3, 0.4) is 0 Å². The Hall–Kier alpha value is -2.40. The normalized spacial score (nSPS) is 12.0. The lowest BCUT2D eigenvalue weighted by atomic mass is 9.95. The summed E-state index contributed by atoms with van der Waals surface area (Å²) in [6.45, 7) is 3.81. The van der Waals surface area contributed by atoms with Gasteiger partial charge in [-0.2, -0.15) is 0 Å². The molecule has 1 atom stereocenters. The molecule has 3 N–H and O–H groups in total. The smallest absolute Gasteiger partial charge is 0.307 e. The summed E-state index contributed by atoms with van der Waals surface area (Å²) in [7, 11) is 0. The highest BCUT2D eigenvalue weighted by Gasteiger charge is 2.18. The molecule has 0 aliphatic rings. The van der Waals surface area contributed by atoms with E-state index in [4.69, 9.17) is 10.5 Å². The molecule has 0 radical (unpaired) electrons. The van der Waals surface area contributed by atoms with Crippen molar-refractivity contribution in [3.63, 3.8) is 0 Å². The van der Waals surface area contributed by atoms with Crippen LogP contribution in [0.25, 0.3) is 11.1 Å². The van der Waals surface area contributed by atoms with Crippen molar-refractivity contribution in [1.82, 2.24) is 0 Å². The molecule has 0 bridgehead atoms. The maximum absolute atomic E-state index is 14.1. The maximum atomic E-state index is 14.1. The zero-order valence-corrected chi connectivity index (χ0v) is 13.2. The number of carbonyl (C=O) groups is 1. The zero-order chi connectivity index (χ0) is 17.0. The molecular weight excluding hydrogens is 297 g/mol. The summed E-state index contributed by atoms with van der Waals surface area (Å²) in [5.41, 5.74) is 8.30. The third kappa shape index (κ3) is 3.87. The number of aryl methyl sites for hydroxylation is 1. The van der Waals surface area contributed by atoms with Gasteiger partial charge in [-0.05, 0) is 43.2 Å².